The van der Waals surface area contributed by atoms with Crippen LogP contribution >= 0.6 is 0 Å². The molecule has 3 heteroatoms. The van der Waals surface area contributed by atoms with Crippen molar-refractivity contribution in [2.45, 2.75) is 13.3 Å². The molecule has 0 saturated heterocycles. The van der Waals surface area contributed by atoms with E-state index in [4.69, 9.17) is 10.2 Å². The van der Waals surface area contributed by atoms with E-state index in [1.807, 2.05) is 13.0 Å². The quantitative estimate of drug-likeness (QED) is 0.551. The first-order valence-corrected chi connectivity index (χ1v) is 4.53. The van der Waals surface area contributed by atoms with Crippen molar-refractivity contribution in [1.82, 2.24) is 0 Å². The highest BCUT2D eigenvalue weighted by Crippen LogP contribution is 2.20. The Morgan fingerprint density at radius 3 is 2.86 bits per heavy atom. The van der Waals surface area contributed by atoms with Crippen molar-refractivity contribution in [2.24, 2.45) is 0 Å². The van der Waals surface area contributed by atoms with Crippen molar-refractivity contribution in [3.63, 3.8) is 0 Å². The lowest BCUT2D eigenvalue weighted by Gasteiger charge is -2.03. The highest BCUT2D eigenvalue weighted by molar-refractivity contribution is 5.81. The molecule has 0 aliphatic rings. The summed E-state index contributed by atoms with van der Waals surface area (Å²) in [4.78, 5) is 10.9. The fourth-order valence-electron chi connectivity index (χ4n) is 1.48. The van der Waals surface area contributed by atoms with Gasteiger partial charge in [-0.05, 0) is 24.1 Å². The predicted octanol–water partition coefficient (Wildman–Crippen LogP) is 1.94. The van der Waals surface area contributed by atoms with Crippen LogP contribution in [0.25, 0.3) is 11.0 Å². The predicted molar refractivity (Wildman–Crippen MR) is 56.3 cm³/mol. The molecule has 0 aliphatic carbocycles. The average molecular weight is 189 g/mol. The number of nitrogens with two attached hydrogens (primary N) is 1. The van der Waals surface area contributed by atoms with Crippen molar-refractivity contribution < 1.29 is 4.42 Å². The molecule has 1 heterocycles. The molecule has 3 nitrogen and oxygen atoms in total. The first-order chi connectivity index (χ1) is 6.70. The maximum Gasteiger partial charge on any atom is 0.336 e. The van der Waals surface area contributed by atoms with Crippen LogP contribution in [0.2, 0.25) is 0 Å². The maximum absolute atomic E-state index is 10.9. The number of hydrogen-bond donors (Lipinski definition) is 1. The minimum Gasteiger partial charge on any atom is -0.423 e. The summed E-state index contributed by atoms with van der Waals surface area (Å²) in [7, 11) is 0. The van der Waals surface area contributed by atoms with Crippen molar-refractivity contribution >= 4 is 16.7 Å². The van der Waals surface area contributed by atoms with E-state index in [0.717, 1.165) is 17.4 Å². The van der Waals surface area contributed by atoms with Gasteiger partial charge >= 0.3 is 5.63 Å². The molecule has 0 radical (unpaired) electrons. The number of nitrogen functional groups attached to an aromatic ring is 1. The Morgan fingerprint density at radius 1 is 1.36 bits per heavy atom. The zero-order chi connectivity index (χ0) is 10.1. The van der Waals surface area contributed by atoms with Gasteiger partial charge in [-0.15, -0.1) is 0 Å². The van der Waals surface area contributed by atoms with Crippen LogP contribution in [0.15, 0.2) is 33.5 Å². The summed E-state index contributed by atoms with van der Waals surface area (Å²) in [6, 6.07) is 6.82. The van der Waals surface area contributed by atoms with Gasteiger partial charge in [0, 0.05) is 23.2 Å². The van der Waals surface area contributed by atoms with E-state index in [1.165, 1.54) is 6.07 Å². The molecule has 2 aromatic rings. The SMILES string of the molecule is CCc1cc2ccc(=O)oc2cc1N. The first kappa shape index (κ1) is 8.81. The van der Waals surface area contributed by atoms with Crippen LogP contribution in [0.1, 0.15) is 12.5 Å². The van der Waals surface area contributed by atoms with E-state index in [1.54, 1.807) is 12.1 Å². The molecule has 0 fully saturated rings. The average Bonchev–Trinajstić information content (AvgIpc) is 2.16. The highest BCUT2D eigenvalue weighted by Gasteiger charge is 2.02. The van der Waals surface area contributed by atoms with Crippen molar-refractivity contribution in [3.05, 3.63) is 40.2 Å². The number of aryl methyl sites for hydroxylation is 1. The molecule has 2 rings (SSSR count). The molecular weight excluding hydrogens is 178 g/mol. The van der Waals surface area contributed by atoms with Gasteiger partial charge in [-0.3, -0.25) is 0 Å². The van der Waals surface area contributed by atoms with Crippen molar-refractivity contribution in [2.75, 3.05) is 5.73 Å². The van der Waals surface area contributed by atoms with Gasteiger partial charge in [-0.2, -0.15) is 0 Å². The van der Waals surface area contributed by atoms with Crippen LogP contribution in [-0.2, 0) is 6.42 Å². The summed E-state index contributed by atoms with van der Waals surface area (Å²) in [5.41, 5.74) is 7.74. The Balaban J connectivity index is 2.79. The van der Waals surface area contributed by atoms with Crippen LogP contribution in [0.3, 0.4) is 0 Å². The lowest BCUT2D eigenvalue weighted by molar-refractivity contribution is 0.561. The number of rotatable bonds is 1. The second kappa shape index (κ2) is 3.18. The zero-order valence-electron chi connectivity index (χ0n) is 7.91. The molecular formula is C11H11NO2. The standard InChI is InChI=1S/C11H11NO2/c1-2-7-5-8-3-4-11(13)14-10(8)6-9(7)12/h3-6H,2,12H2,1H3. The maximum atomic E-state index is 10.9. The summed E-state index contributed by atoms with van der Waals surface area (Å²) in [5.74, 6) is 0. The van der Waals surface area contributed by atoms with Gasteiger partial charge in [0.05, 0.1) is 0 Å². The Labute approximate surface area is 81.1 Å². The monoisotopic (exact) mass is 189 g/mol. The Bertz CT molecular complexity index is 528. The van der Waals surface area contributed by atoms with Crippen LogP contribution < -0.4 is 11.4 Å². The molecule has 0 bridgehead atoms. The molecule has 1 aromatic heterocycles. The molecule has 0 amide bonds. The largest absolute Gasteiger partial charge is 0.423 e. The van der Waals surface area contributed by atoms with Gasteiger partial charge in [0.1, 0.15) is 5.58 Å². The van der Waals surface area contributed by atoms with Crippen LogP contribution in [-0.4, -0.2) is 0 Å². The fraction of sp³-hybridized carbons (Fsp3) is 0.182. The third-order valence-electron chi connectivity index (χ3n) is 2.26. The molecule has 72 valence electrons. The lowest BCUT2D eigenvalue weighted by atomic mass is 10.1. The van der Waals surface area contributed by atoms with E-state index in [2.05, 4.69) is 0 Å². The Morgan fingerprint density at radius 2 is 2.14 bits per heavy atom. The van der Waals surface area contributed by atoms with Crippen molar-refractivity contribution in [1.29, 1.82) is 0 Å². The third-order valence-corrected chi connectivity index (χ3v) is 2.26. The zero-order valence-corrected chi connectivity index (χ0v) is 7.91. The molecule has 14 heavy (non-hydrogen) atoms. The van der Waals surface area contributed by atoms with E-state index < -0.39 is 0 Å². The highest BCUT2D eigenvalue weighted by atomic mass is 16.4. The van der Waals surface area contributed by atoms with E-state index >= 15 is 0 Å². The van der Waals surface area contributed by atoms with Gasteiger partial charge in [-0.25, -0.2) is 4.79 Å². The van der Waals surface area contributed by atoms with E-state index in [-0.39, 0.29) is 5.63 Å². The lowest BCUT2D eigenvalue weighted by Crippen LogP contribution is -1.97. The third kappa shape index (κ3) is 1.37. The summed E-state index contributed by atoms with van der Waals surface area (Å²) in [6.07, 6.45) is 0.876. The minimum absolute atomic E-state index is 0.346. The summed E-state index contributed by atoms with van der Waals surface area (Å²) in [6.45, 7) is 2.04. The summed E-state index contributed by atoms with van der Waals surface area (Å²) in [5, 5.41) is 0.913. The van der Waals surface area contributed by atoms with Gasteiger partial charge in [0.2, 0.25) is 0 Å². The smallest absolute Gasteiger partial charge is 0.336 e. The van der Waals surface area contributed by atoms with Crippen LogP contribution in [0, 0.1) is 0 Å². The number of benzene rings is 1. The summed E-state index contributed by atoms with van der Waals surface area (Å²) >= 11 is 0. The van der Waals surface area contributed by atoms with Gasteiger partial charge in [-0.1, -0.05) is 6.92 Å². The van der Waals surface area contributed by atoms with Gasteiger partial charge < -0.3 is 10.2 Å². The normalized spacial score (nSPS) is 10.6. The molecule has 0 atom stereocenters. The number of anilines is 1. The Kier molecular flexibility index (Phi) is 2.00. The molecule has 0 saturated carbocycles. The molecule has 0 unspecified atom stereocenters. The van der Waals surface area contributed by atoms with Gasteiger partial charge in [0.15, 0.2) is 0 Å². The molecule has 0 spiro atoms. The number of hydrogen-bond acceptors (Lipinski definition) is 3. The first-order valence-electron chi connectivity index (χ1n) is 4.53. The second-order valence-electron chi connectivity index (χ2n) is 3.20. The van der Waals surface area contributed by atoms with Gasteiger partial charge in [0.25, 0.3) is 0 Å². The molecule has 0 aliphatic heterocycles. The van der Waals surface area contributed by atoms with E-state index in [9.17, 15) is 4.79 Å². The van der Waals surface area contributed by atoms with Crippen molar-refractivity contribution in [3.8, 4) is 0 Å². The second-order valence-corrected chi connectivity index (χ2v) is 3.20. The minimum atomic E-state index is -0.346. The molecule has 2 N–H and O–H groups in total. The Hall–Kier alpha value is -1.77. The van der Waals surface area contributed by atoms with Crippen LogP contribution in [0.5, 0.6) is 0 Å². The summed E-state index contributed by atoms with van der Waals surface area (Å²) < 4.78 is 5.01. The topological polar surface area (TPSA) is 56.2 Å². The number of fused-ring (bicyclic) bond motifs is 1. The fourth-order valence-corrected chi connectivity index (χ4v) is 1.48. The molecule has 1 aromatic carbocycles. The van der Waals surface area contributed by atoms with Crippen LogP contribution in [0.4, 0.5) is 5.69 Å². The van der Waals surface area contributed by atoms with E-state index in [0.29, 0.717) is 11.3 Å².